The lowest BCUT2D eigenvalue weighted by molar-refractivity contribution is -0.113. The number of nitrogens with zero attached hydrogens (tertiary/aromatic N) is 5. The lowest BCUT2D eigenvalue weighted by atomic mass is 10.1. The standard InChI is InChI=1S/C25H30N6O2S/c1-29(16-20-8-4-5-9-22(20)31-14-6-3-7-15-31)24(33)19-10-12-21(13-11-19)27-23(32)17-34-25-28-26-18-30(25)2/h4-5,8-13,18H,3,6-7,14-17H2,1-2H3,(H,27,32). The fourth-order valence-corrected chi connectivity index (χ4v) is 4.75. The van der Waals surface area contributed by atoms with Gasteiger partial charge in [-0.2, -0.15) is 0 Å². The van der Waals surface area contributed by atoms with E-state index in [1.807, 2.05) is 20.2 Å². The van der Waals surface area contributed by atoms with E-state index in [-0.39, 0.29) is 17.6 Å². The van der Waals surface area contributed by atoms with E-state index in [0.717, 1.165) is 18.7 Å². The highest BCUT2D eigenvalue weighted by Gasteiger charge is 2.18. The van der Waals surface area contributed by atoms with E-state index >= 15 is 0 Å². The largest absolute Gasteiger partial charge is 0.371 e. The van der Waals surface area contributed by atoms with E-state index < -0.39 is 0 Å². The van der Waals surface area contributed by atoms with Crippen LogP contribution in [0.4, 0.5) is 11.4 Å². The molecular formula is C25H30N6O2S. The minimum Gasteiger partial charge on any atom is -0.371 e. The molecule has 1 saturated heterocycles. The number of benzene rings is 2. The van der Waals surface area contributed by atoms with Gasteiger partial charge in [0.25, 0.3) is 5.91 Å². The molecule has 0 bridgehead atoms. The summed E-state index contributed by atoms with van der Waals surface area (Å²) in [6.45, 7) is 2.68. The summed E-state index contributed by atoms with van der Waals surface area (Å²) in [5.41, 5.74) is 3.62. The van der Waals surface area contributed by atoms with E-state index in [9.17, 15) is 9.59 Å². The first kappa shape index (κ1) is 23.8. The summed E-state index contributed by atoms with van der Waals surface area (Å²) in [5.74, 6) is 0.0366. The number of amides is 2. The lowest BCUT2D eigenvalue weighted by Gasteiger charge is -2.31. The third-order valence-corrected chi connectivity index (χ3v) is 6.89. The molecule has 0 radical (unpaired) electrons. The number of para-hydroxylation sites is 1. The molecule has 34 heavy (non-hydrogen) atoms. The van der Waals surface area contributed by atoms with Crippen LogP contribution in [0.15, 0.2) is 60.0 Å². The fourth-order valence-electron chi connectivity index (χ4n) is 4.06. The van der Waals surface area contributed by atoms with Gasteiger partial charge in [-0.05, 0) is 55.2 Å². The van der Waals surface area contributed by atoms with Crippen LogP contribution in [0.2, 0.25) is 0 Å². The molecule has 1 aliphatic heterocycles. The molecular weight excluding hydrogens is 448 g/mol. The molecule has 8 nitrogen and oxygen atoms in total. The number of anilines is 2. The van der Waals surface area contributed by atoms with Gasteiger partial charge in [-0.1, -0.05) is 30.0 Å². The van der Waals surface area contributed by atoms with Gasteiger partial charge in [-0.25, -0.2) is 0 Å². The SMILES string of the molecule is CN(Cc1ccccc1N1CCCCC1)C(=O)c1ccc(NC(=O)CSc2nncn2C)cc1. The van der Waals surface area contributed by atoms with Crippen LogP contribution in [0.25, 0.3) is 0 Å². The van der Waals surface area contributed by atoms with Crippen molar-refractivity contribution in [2.45, 2.75) is 31.0 Å². The Hall–Kier alpha value is -3.33. The summed E-state index contributed by atoms with van der Waals surface area (Å²) in [6, 6.07) is 15.4. The van der Waals surface area contributed by atoms with E-state index in [2.05, 4.69) is 38.6 Å². The van der Waals surface area contributed by atoms with Gasteiger partial charge in [0.15, 0.2) is 5.16 Å². The second-order valence-corrected chi connectivity index (χ2v) is 9.42. The Morgan fingerprint density at radius 3 is 2.50 bits per heavy atom. The normalized spacial score (nSPS) is 13.5. The first-order valence-corrected chi connectivity index (χ1v) is 12.4. The molecule has 1 N–H and O–H groups in total. The average molecular weight is 479 g/mol. The number of rotatable bonds is 8. The number of aryl methyl sites for hydroxylation is 1. The molecule has 178 valence electrons. The molecule has 2 amide bonds. The highest BCUT2D eigenvalue weighted by atomic mass is 32.2. The Kier molecular flexibility index (Phi) is 7.84. The van der Waals surface area contributed by atoms with Crippen LogP contribution in [0.1, 0.15) is 35.2 Å². The van der Waals surface area contributed by atoms with E-state index in [1.54, 1.807) is 40.1 Å². The Labute approximate surface area is 204 Å². The smallest absolute Gasteiger partial charge is 0.253 e. The third-order valence-electron chi connectivity index (χ3n) is 5.86. The summed E-state index contributed by atoms with van der Waals surface area (Å²) in [5, 5.41) is 11.3. The number of thioether (sulfide) groups is 1. The van der Waals surface area contributed by atoms with Gasteiger partial charge < -0.3 is 19.7 Å². The Morgan fingerprint density at radius 1 is 1.06 bits per heavy atom. The highest BCUT2D eigenvalue weighted by Crippen LogP contribution is 2.25. The molecule has 0 aliphatic carbocycles. The number of aromatic nitrogens is 3. The zero-order valence-corrected chi connectivity index (χ0v) is 20.4. The first-order chi connectivity index (χ1) is 16.5. The van der Waals surface area contributed by atoms with Gasteiger partial charge in [0, 0.05) is 50.7 Å². The maximum absolute atomic E-state index is 13.0. The summed E-state index contributed by atoms with van der Waals surface area (Å²) in [7, 11) is 3.66. The zero-order valence-electron chi connectivity index (χ0n) is 19.6. The van der Waals surface area contributed by atoms with Crippen molar-refractivity contribution in [2.75, 3.05) is 36.1 Å². The predicted octanol–water partition coefficient (Wildman–Crippen LogP) is 3.81. The first-order valence-electron chi connectivity index (χ1n) is 11.5. The third kappa shape index (κ3) is 5.96. The molecule has 3 aromatic rings. The van der Waals surface area contributed by atoms with Crippen molar-refractivity contribution < 1.29 is 9.59 Å². The van der Waals surface area contributed by atoms with Crippen LogP contribution in [0.3, 0.4) is 0 Å². The van der Waals surface area contributed by atoms with Crippen molar-refractivity contribution >= 4 is 35.0 Å². The van der Waals surface area contributed by atoms with Crippen LogP contribution >= 0.6 is 11.8 Å². The lowest BCUT2D eigenvalue weighted by Crippen LogP contribution is -2.32. The quantitative estimate of drug-likeness (QED) is 0.496. The van der Waals surface area contributed by atoms with Crippen molar-refractivity contribution in [1.29, 1.82) is 0 Å². The van der Waals surface area contributed by atoms with E-state index in [4.69, 9.17) is 0 Å². The maximum atomic E-state index is 13.0. The van der Waals surface area contributed by atoms with Crippen molar-refractivity contribution in [3.63, 3.8) is 0 Å². The number of hydrogen-bond donors (Lipinski definition) is 1. The van der Waals surface area contributed by atoms with Crippen LogP contribution < -0.4 is 10.2 Å². The second kappa shape index (κ2) is 11.2. The van der Waals surface area contributed by atoms with Gasteiger partial charge in [0.1, 0.15) is 6.33 Å². The zero-order chi connectivity index (χ0) is 23.9. The van der Waals surface area contributed by atoms with E-state index in [1.165, 1.54) is 36.7 Å². The summed E-state index contributed by atoms with van der Waals surface area (Å²) >= 11 is 1.32. The topological polar surface area (TPSA) is 83.4 Å². The Bertz CT molecular complexity index is 1120. The molecule has 1 aromatic heterocycles. The van der Waals surface area contributed by atoms with Gasteiger partial charge >= 0.3 is 0 Å². The summed E-state index contributed by atoms with van der Waals surface area (Å²) < 4.78 is 1.76. The number of nitrogens with one attached hydrogen (secondary N) is 1. The maximum Gasteiger partial charge on any atom is 0.253 e. The Morgan fingerprint density at radius 2 is 1.79 bits per heavy atom. The Balaban J connectivity index is 1.33. The molecule has 0 saturated carbocycles. The van der Waals surface area contributed by atoms with Crippen LogP contribution in [-0.4, -0.2) is 57.4 Å². The fraction of sp³-hybridized carbons (Fsp3) is 0.360. The predicted molar refractivity (Wildman–Crippen MR) is 135 cm³/mol. The van der Waals surface area contributed by atoms with Crippen molar-refractivity contribution in [1.82, 2.24) is 19.7 Å². The van der Waals surface area contributed by atoms with Gasteiger partial charge in [0.05, 0.1) is 5.75 Å². The number of piperidine rings is 1. The second-order valence-electron chi connectivity index (χ2n) is 8.48. The molecule has 2 aromatic carbocycles. The number of hydrogen-bond acceptors (Lipinski definition) is 6. The molecule has 1 aliphatic rings. The van der Waals surface area contributed by atoms with Crippen molar-refractivity contribution in [2.24, 2.45) is 7.05 Å². The molecule has 0 atom stereocenters. The summed E-state index contributed by atoms with van der Waals surface area (Å²) in [4.78, 5) is 29.5. The van der Waals surface area contributed by atoms with Crippen LogP contribution in [0.5, 0.6) is 0 Å². The molecule has 9 heteroatoms. The minimum atomic E-state index is -0.140. The average Bonchev–Trinajstić information content (AvgIpc) is 3.28. The van der Waals surface area contributed by atoms with Gasteiger partial charge in [0.2, 0.25) is 5.91 Å². The van der Waals surface area contributed by atoms with Crippen LogP contribution in [-0.2, 0) is 18.4 Å². The van der Waals surface area contributed by atoms with Crippen molar-refractivity contribution in [3.8, 4) is 0 Å². The number of carbonyl (C=O) groups excluding carboxylic acids is 2. The molecule has 0 spiro atoms. The van der Waals surface area contributed by atoms with Gasteiger partial charge in [-0.3, -0.25) is 9.59 Å². The highest BCUT2D eigenvalue weighted by molar-refractivity contribution is 7.99. The minimum absolute atomic E-state index is 0.0517. The molecule has 1 fully saturated rings. The molecule has 0 unspecified atom stereocenters. The van der Waals surface area contributed by atoms with Gasteiger partial charge in [-0.15, -0.1) is 10.2 Å². The summed E-state index contributed by atoms with van der Waals surface area (Å²) in [6.07, 6.45) is 5.31. The molecule has 4 rings (SSSR count). The number of carbonyl (C=O) groups is 2. The van der Waals surface area contributed by atoms with Crippen molar-refractivity contribution in [3.05, 3.63) is 66.0 Å². The molecule has 2 heterocycles. The van der Waals surface area contributed by atoms with E-state index in [0.29, 0.717) is 23.0 Å². The van der Waals surface area contributed by atoms with Crippen LogP contribution in [0, 0.1) is 0 Å². The monoisotopic (exact) mass is 478 g/mol.